The number of halogens is 1. The molecule has 0 atom stereocenters. The third-order valence-electron chi connectivity index (χ3n) is 4.32. The van der Waals surface area contributed by atoms with Crippen LogP contribution < -0.4 is 10.1 Å². The van der Waals surface area contributed by atoms with Crippen molar-refractivity contribution in [3.63, 3.8) is 0 Å². The number of hydrogen-bond acceptors (Lipinski definition) is 5. The van der Waals surface area contributed by atoms with Crippen molar-refractivity contribution in [1.82, 2.24) is 10.1 Å². The average molecular weight is 420 g/mol. The number of hydrogen-bond donors (Lipinski definition) is 1. The highest BCUT2D eigenvalue weighted by molar-refractivity contribution is 6.30. The Hall–Kier alpha value is -3.64. The summed E-state index contributed by atoms with van der Waals surface area (Å²) in [5.41, 5.74) is 3.22. The van der Waals surface area contributed by atoms with Crippen molar-refractivity contribution < 1.29 is 14.1 Å². The molecule has 0 saturated heterocycles. The Morgan fingerprint density at radius 2 is 1.87 bits per heavy atom. The second-order valence-corrected chi connectivity index (χ2v) is 7.07. The lowest BCUT2D eigenvalue weighted by Crippen LogP contribution is -2.20. The van der Waals surface area contributed by atoms with Gasteiger partial charge >= 0.3 is 0 Å². The molecular formula is C23H18ClN3O3. The molecule has 1 heterocycles. The minimum absolute atomic E-state index is 0.178. The van der Waals surface area contributed by atoms with Crippen LogP contribution in [0.4, 0.5) is 5.69 Å². The minimum atomic E-state index is -0.307. The Kier molecular flexibility index (Phi) is 5.77. The molecule has 7 heteroatoms. The zero-order valence-electron chi connectivity index (χ0n) is 16.1. The predicted molar refractivity (Wildman–Crippen MR) is 115 cm³/mol. The summed E-state index contributed by atoms with van der Waals surface area (Å²) in [6, 6.07) is 22.0. The van der Waals surface area contributed by atoms with E-state index >= 15 is 0 Å². The number of nitrogens with zero attached hydrogens (tertiary/aromatic N) is 2. The zero-order chi connectivity index (χ0) is 20.9. The van der Waals surface area contributed by atoms with Gasteiger partial charge < -0.3 is 14.6 Å². The van der Waals surface area contributed by atoms with Crippen LogP contribution in [0, 0.1) is 6.92 Å². The molecule has 0 saturated carbocycles. The van der Waals surface area contributed by atoms with Crippen LogP contribution in [0.1, 0.15) is 5.56 Å². The summed E-state index contributed by atoms with van der Waals surface area (Å²) in [4.78, 5) is 16.7. The lowest BCUT2D eigenvalue weighted by atomic mass is 10.1. The molecule has 0 unspecified atom stereocenters. The van der Waals surface area contributed by atoms with Gasteiger partial charge in [-0.05, 0) is 37.3 Å². The van der Waals surface area contributed by atoms with Gasteiger partial charge in [-0.2, -0.15) is 4.98 Å². The molecule has 0 radical (unpaired) electrons. The molecule has 0 aliphatic carbocycles. The van der Waals surface area contributed by atoms with E-state index in [9.17, 15) is 4.79 Å². The lowest BCUT2D eigenvalue weighted by Gasteiger charge is -2.10. The van der Waals surface area contributed by atoms with Crippen LogP contribution >= 0.6 is 11.6 Å². The molecule has 0 spiro atoms. The van der Waals surface area contributed by atoms with Crippen molar-refractivity contribution in [2.24, 2.45) is 0 Å². The van der Waals surface area contributed by atoms with E-state index in [1.54, 1.807) is 36.4 Å². The van der Waals surface area contributed by atoms with E-state index in [1.165, 1.54) is 0 Å². The molecule has 1 N–H and O–H groups in total. The van der Waals surface area contributed by atoms with E-state index in [2.05, 4.69) is 15.5 Å². The van der Waals surface area contributed by atoms with E-state index in [-0.39, 0.29) is 12.5 Å². The van der Waals surface area contributed by atoms with Crippen LogP contribution in [0.15, 0.2) is 77.3 Å². The molecule has 6 nitrogen and oxygen atoms in total. The molecule has 0 aliphatic heterocycles. The summed E-state index contributed by atoms with van der Waals surface area (Å²) in [6.07, 6.45) is 0. The first kappa shape index (κ1) is 19.7. The van der Waals surface area contributed by atoms with Gasteiger partial charge in [-0.15, -0.1) is 0 Å². The van der Waals surface area contributed by atoms with Crippen LogP contribution in [0.25, 0.3) is 22.8 Å². The van der Waals surface area contributed by atoms with Gasteiger partial charge in [-0.25, -0.2) is 0 Å². The Morgan fingerprint density at radius 1 is 1.07 bits per heavy atom. The molecule has 4 rings (SSSR count). The summed E-state index contributed by atoms with van der Waals surface area (Å²) in [5, 5.41) is 7.34. The summed E-state index contributed by atoms with van der Waals surface area (Å²) in [5.74, 6) is 0.964. The van der Waals surface area contributed by atoms with Crippen molar-refractivity contribution in [2.45, 2.75) is 6.92 Å². The third-order valence-corrected chi connectivity index (χ3v) is 4.56. The van der Waals surface area contributed by atoms with Gasteiger partial charge in [0.25, 0.3) is 11.8 Å². The molecule has 4 aromatic rings. The number of rotatable bonds is 6. The fraction of sp³-hybridized carbons (Fsp3) is 0.0870. The zero-order valence-corrected chi connectivity index (χ0v) is 16.9. The van der Waals surface area contributed by atoms with Gasteiger partial charge in [0.15, 0.2) is 6.61 Å². The third kappa shape index (κ3) is 4.67. The number of benzene rings is 3. The Bertz CT molecular complexity index is 1170. The first-order chi connectivity index (χ1) is 14.6. The number of amides is 1. The fourth-order valence-electron chi connectivity index (χ4n) is 2.83. The van der Waals surface area contributed by atoms with E-state index < -0.39 is 0 Å². The summed E-state index contributed by atoms with van der Waals surface area (Å²) < 4.78 is 11.1. The van der Waals surface area contributed by atoms with Crippen molar-refractivity contribution in [1.29, 1.82) is 0 Å². The van der Waals surface area contributed by atoms with Gasteiger partial charge in [0.05, 0.1) is 5.56 Å². The Morgan fingerprint density at radius 3 is 2.67 bits per heavy atom. The SMILES string of the molecule is Cc1ccc(-c2noc(-c3ccccc3OCC(=O)Nc3cccc(Cl)c3)n2)cc1. The van der Waals surface area contributed by atoms with Gasteiger partial charge in [-0.3, -0.25) is 4.79 Å². The fourth-order valence-corrected chi connectivity index (χ4v) is 3.02. The first-order valence-corrected chi connectivity index (χ1v) is 9.65. The molecule has 0 bridgehead atoms. The molecule has 1 amide bonds. The highest BCUT2D eigenvalue weighted by atomic mass is 35.5. The number of nitrogens with one attached hydrogen (secondary N) is 1. The molecule has 30 heavy (non-hydrogen) atoms. The quantitative estimate of drug-likeness (QED) is 0.453. The Balaban J connectivity index is 1.48. The summed E-state index contributed by atoms with van der Waals surface area (Å²) in [7, 11) is 0. The number of para-hydroxylation sites is 1. The minimum Gasteiger partial charge on any atom is -0.483 e. The van der Waals surface area contributed by atoms with Crippen molar-refractivity contribution in [3.05, 3.63) is 83.4 Å². The number of aromatic nitrogens is 2. The van der Waals surface area contributed by atoms with Crippen molar-refractivity contribution in [2.75, 3.05) is 11.9 Å². The summed E-state index contributed by atoms with van der Waals surface area (Å²) in [6.45, 7) is 1.84. The highest BCUT2D eigenvalue weighted by Gasteiger charge is 2.15. The maximum Gasteiger partial charge on any atom is 0.262 e. The maximum atomic E-state index is 12.2. The van der Waals surface area contributed by atoms with E-state index in [1.807, 2.05) is 43.3 Å². The van der Waals surface area contributed by atoms with Crippen LogP contribution in [0.2, 0.25) is 5.02 Å². The smallest absolute Gasteiger partial charge is 0.262 e. The molecule has 150 valence electrons. The van der Waals surface area contributed by atoms with Crippen LogP contribution in [-0.4, -0.2) is 22.7 Å². The highest BCUT2D eigenvalue weighted by Crippen LogP contribution is 2.30. The second kappa shape index (κ2) is 8.80. The number of carbonyl (C=O) groups is 1. The largest absolute Gasteiger partial charge is 0.483 e. The monoisotopic (exact) mass is 419 g/mol. The van der Waals surface area contributed by atoms with Crippen molar-refractivity contribution >= 4 is 23.2 Å². The first-order valence-electron chi connectivity index (χ1n) is 9.27. The van der Waals surface area contributed by atoms with Gasteiger partial charge in [0.2, 0.25) is 5.82 Å². The normalized spacial score (nSPS) is 10.6. The van der Waals surface area contributed by atoms with Gasteiger partial charge in [0, 0.05) is 16.3 Å². The van der Waals surface area contributed by atoms with Crippen LogP contribution in [0.3, 0.4) is 0 Å². The maximum absolute atomic E-state index is 12.2. The van der Waals surface area contributed by atoms with Crippen LogP contribution in [-0.2, 0) is 4.79 Å². The Labute approximate surface area is 178 Å². The van der Waals surface area contributed by atoms with Crippen LogP contribution in [0.5, 0.6) is 5.75 Å². The topological polar surface area (TPSA) is 77.2 Å². The second-order valence-electron chi connectivity index (χ2n) is 6.63. The van der Waals surface area contributed by atoms with Gasteiger partial charge in [-0.1, -0.05) is 64.8 Å². The number of aryl methyl sites for hydroxylation is 1. The number of ether oxygens (including phenoxy) is 1. The van der Waals surface area contributed by atoms with E-state index in [0.29, 0.717) is 33.7 Å². The summed E-state index contributed by atoms with van der Waals surface area (Å²) >= 11 is 5.94. The number of anilines is 1. The lowest BCUT2D eigenvalue weighted by molar-refractivity contribution is -0.118. The molecule has 3 aromatic carbocycles. The molecule has 0 aliphatic rings. The molecule has 0 fully saturated rings. The van der Waals surface area contributed by atoms with E-state index in [0.717, 1.165) is 11.1 Å². The molecular weight excluding hydrogens is 402 g/mol. The van der Waals surface area contributed by atoms with Gasteiger partial charge in [0.1, 0.15) is 5.75 Å². The standard InChI is InChI=1S/C23H18ClN3O3/c1-15-9-11-16(12-10-15)22-26-23(30-27-22)19-7-2-3-8-20(19)29-14-21(28)25-18-6-4-5-17(24)13-18/h2-13H,14H2,1H3,(H,25,28). The molecule has 1 aromatic heterocycles. The van der Waals surface area contributed by atoms with E-state index in [4.69, 9.17) is 20.9 Å². The average Bonchev–Trinajstić information content (AvgIpc) is 3.23. The van der Waals surface area contributed by atoms with Crippen molar-refractivity contribution in [3.8, 4) is 28.6 Å². The number of carbonyl (C=O) groups excluding carboxylic acids is 1. The predicted octanol–water partition coefficient (Wildman–Crippen LogP) is 5.38.